The standard InChI is InChI=1S/C10H14ClNO3/c1-2-15-5-3-4-12-7-8(11)6-9(12)10(13)14/h6-7H,2-5H2,1H3,(H,13,14). The first-order valence-electron chi connectivity index (χ1n) is 4.82. The molecular formula is C10H14ClNO3. The Balaban J connectivity index is 2.55. The lowest BCUT2D eigenvalue weighted by atomic mass is 10.4. The van der Waals surface area contributed by atoms with Crippen molar-refractivity contribution >= 4 is 17.6 Å². The lowest BCUT2D eigenvalue weighted by Gasteiger charge is -2.05. The van der Waals surface area contributed by atoms with E-state index in [1.54, 1.807) is 10.8 Å². The molecule has 1 heterocycles. The predicted molar refractivity (Wildman–Crippen MR) is 57.5 cm³/mol. The van der Waals surface area contributed by atoms with Crippen molar-refractivity contribution in [2.24, 2.45) is 0 Å². The molecule has 1 N–H and O–H groups in total. The Morgan fingerprint density at radius 2 is 2.40 bits per heavy atom. The molecule has 0 aromatic carbocycles. The number of carboxylic acids is 1. The first-order chi connectivity index (χ1) is 7.15. The van der Waals surface area contributed by atoms with Gasteiger partial charge in [0.2, 0.25) is 0 Å². The third-order valence-corrected chi connectivity index (χ3v) is 2.18. The molecule has 15 heavy (non-hydrogen) atoms. The molecule has 0 saturated heterocycles. The third kappa shape index (κ3) is 3.57. The summed E-state index contributed by atoms with van der Waals surface area (Å²) < 4.78 is 6.80. The van der Waals surface area contributed by atoms with Crippen LogP contribution >= 0.6 is 11.6 Å². The Hall–Kier alpha value is -1.00. The van der Waals surface area contributed by atoms with E-state index in [-0.39, 0.29) is 5.69 Å². The maximum Gasteiger partial charge on any atom is 0.352 e. The lowest BCUT2D eigenvalue weighted by Crippen LogP contribution is -2.09. The number of carbonyl (C=O) groups is 1. The van der Waals surface area contributed by atoms with Gasteiger partial charge in [-0.05, 0) is 19.4 Å². The van der Waals surface area contributed by atoms with E-state index in [1.807, 2.05) is 6.92 Å². The molecule has 0 unspecified atom stereocenters. The van der Waals surface area contributed by atoms with Gasteiger partial charge in [0.25, 0.3) is 0 Å². The molecule has 5 heteroatoms. The zero-order chi connectivity index (χ0) is 11.3. The zero-order valence-electron chi connectivity index (χ0n) is 8.57. The summed E-state index contributed by atoms with van der Waals surface area (Å²) in [5.74, 6) is -0.960. The first-order valence-corrected chi connectivity index (χ1v) is 5.19. The van der Waals surface area contributed by atoms with Crippen LogP contribution in [0.5, 0.6) is 0 Å². The Kier molecular flexibility index (Phi) is 4.65. The van der Waals surface area contributed by atoms with E-state index in [0.717, 1.165) is 6.42 Å². The maximum atomic E-state index is 10.8. The largest absolute Gasteiger partial charge is 0.477 e. The van der Waals surface area contributed by atoms with Gasteiger partial charge in [-0.1, -0.05) is 11.6 Å². The molecule has 0 atom stereocenters. The monoisotopic (exact) mass is 231 g/mol. The lowest BCUT2D eigenvalue weighted by molar-refractivity contribution is 0.0683. The minimum Gasteiger partial charge on any atom is -0.477 e. The van der Waals surface area contributed by atoms with Crippen molar-refractivity contribution in [3.8, 4) is 0 Å². The van der Waals surface area contributed by atoms with Gasteiger partial charge in [-0.3, -0.25) is 0 Å². The van der Waals surface area contributed by atoms with Gasteiger partial charge in [-0.25, -0.2) is 4.79 Å². The highest BCUT2D eigenvalue weighted by molar-refractivity contribution is 6.30. The number of rotatable bonds is 6. The molecule has 0 fully saturated rings. The molecular weight excluding hydrogens is 218 g/mol. The van der Waals surface area contributed by atoms with Gasteiger partial charge in [-0.2, -0.15) is 0 Å². The summed E-state index contributed by atoms with van der Waals surface area (Å²) in [6, 6.07) is 1.45. The van der Waals surface area contributed by atoms with E-state index in [4.69, 9.17) is 21.4 Å². The van der Waals surface area contributed by atoms with Crippen molar-refractivity contribution in [2.75, 3.05) is 13.2 Å². The second kappa shape index (κ2) is 5.78. The van der Waals surface area contributed by atoms with Crippen molar-refractivity contribution < 1.29 is 14.6 Å². The number of aryl methyl sites for hydroxylation is 1. The Morgan fingerprint density at radius 1 is 1.67 bits per heavy atom. The van der Waals surface area contributed by atoms with Gasteiger partial charge in [0.1, 0.15) is 5.69 Å². The highest BCUT2D eigenvalue weighted by Gasteiger charge is 2.10. The smallest absolute Gasteiger partial charge is 0.352 e. The van der Waals surface area contributed by atoms with Crippen LogP contribution in [0.1, 0.15) is 23.8 Å². The number of aromatic carboxylic acids is 1. The van der Waals surface area contributed by atoms with Gasteiger partial charge in [-0.15, -0.1) is 0 Å². The van der Waals surface area contributed by atoms with Crippen LogP contribution in [0, 0.1) is 0 Å². The number of aromatic nitrogens is 1. The van der Waals surface area contributed by atoms with Gasteiger partial charge < -0.3 is 14.4 Å². The van der Waals surface area contributed by atoms with E-state index in [1.165, 1.54) is 6.07 Å². The Morgan fingerprint density at radius 3 is 3.00 bits per heavy atom. The fourth-order valence-corrected chi connectivity index (χ4v) is 1.54. The van der Waals surface area contributed by atoms with Gasteiger partial charge in [0.05, 0.1) is 5.02 Å². The minimum atomic E-state index is -0.960. The number of halogens is 1. The topological polar surface area (TPSA) is 51.5 Å². The molecule has 0 aliphatic heterocycles. The summed E-state index contributed by atoms with van der Waals surface area (Å²) in [5, 5.41) is 9.32. The van der Waals surface area contributed by atoms with Crippen LogP contribution in [0.3, 0.4) is 0 Å². The third-order valence-electron chi connectivity index (χ3n) is 1.97. The Labute approximate surface area is 93.4 Å². The molecule has 1 aromatic rings. The average molecular weight is 232 g/mol. The highest BCUT2D eigenvalue weighted by Crippen LogP contribution is 2.14. The van der Waals surface area contributed by atoms with E-state index in [9.17, 15) is 4.79 Å². The Bertz CT molecular complexity index is 335. The normalized spacial score (nSPS) is 10.5. The molecule has 1 rings (SSSR count). The highest BCUT2D eigenvalue weighted by atomic mass is 35.5. The number of hydrogen-bond donors (Lipinski definition) is 1. The van der Waals surface area contributed by atoms with Crippen molar-refractivity contribution in [3.63, 3.8) is 0 Å². The first kappa shape index (κ1) is 12.1. The quantitative estimate of drug-likeness (QED) is 0.764. The number of ether oxygens (including phenoxy) is 1. The van der Waals surface area contributed by atoms with Crippen LogP contribution in [0.25, 0.3) is 0 Å². The number of carboxylic acid groups (broad SMARTS) is 1. The fraction of sp³-hybridized carbons (Fsp3) is 0.500. The summed E-state index contributed by atoms with van der Waals surface area (Å²) >= 11 is 5.73. The average Bonchev–Trinajstić information content (AvgIpc) is 2.55. The summed E-state index contributed by atoms with van der Waals surface area (Å²) in [6.45, 7) is 3.84. The van der Waals surface area contributed by atoms with Crippen LogP contribution in [0.4, 0.5) is 0 Å². The molecule has 0 bridgehead atoms. The minimum absolute atomic E-state index is 0.219. The fourth-order valence-electron chi connectivity index (χ4n) is 1.32. The molecule has 0 radical (unpaired) electrons. The summed E-state index contributed by atoms with van der Waals surface area (Å²) in [6.07, 6.45) is 2.40. The summed E-state index contributed by atoms with van der Waals surface area (Å²) in [7, 11) is 0. The van der Waals surface area contributed by atoms with Crippen LogP contribution in [-0.2, 0) is 11.3 Å². The van der Waals surface area contributed by atoms with Crippen LogP contribution in [0.2, 0.25) is 5.02 Å². The van der Waals surface area contributed by atoms with E-state index < -0.39 is 5.97 Å². The van der Waals surface area contributed by atoms with Crippen LogP contribution in [0.15, 0.2) is 12.3 Å². The number of hydrogen-bond acceptors (Lipinski definition) is 2. The van der Waals surface area contributed by atoms with E-state index in [2.05, 4.69) is 0 Å². The number of nitrogens with zero attached hydrogens (tertiary/aromatic N) is 1. The second-order valence-electron chi connectivity index (χ2n) is 3.09. The molecule has 4 nitrogen and oxygen atoms in total. The van der Waals surface area contributed by atoms with Crippen molar-refractivity contribution in [2.45, 2.75) is 19.9 Å². The van der Waals surface area contributed by atoms with E-state index in [0.29, 0.717) is 24.8 Å². The summed E-state index contributed by atoms with van der Waals surface area (Å²) in [5.41, 5.74) is 0.219. The van der Waals surface area contributed by atoms with Crippen LogP contribution < -0.4 is 0 Å². The molecule has 0 amide bonds. The SMILES string of the molecule is CCOCCCn1cc(Cl)cc1C(=O)O. The molecule has 84 valence electrons. The van der Waals surface area contributed by atoms with Crippen LogP contribution in [-0.4, -0.2) is 28.9 Å². The molecule has 0 aliphatic rings. The predicted octanol–water partition coefficient (Wildman–Crippen LogP) is 2.27. The van der Waals surface area contributed by atoms with Gasteiger partial charge in [0, 0.05) is 26.0 Å². The zero-order valence-corrected chi connectivity index (χ0v) is 9.33. The van der Waals surface area contributed by atoms with Gasteiger partial charge in [0.15, 0.2) is 0 Å². The molecule has 0 saturated carbocycles. The molecule has 0 aliphatic carbocycles. The molecule has 1 aromatic heterocycles. The van der Waals surface area contributed by atoms with Crippen molar-refractivity contribution in [1.82, 2.24) is 4.57 Å². The van der Waals surface area contributed by atoms with Crippen molar-refractivity contribution in [3.05, 3.63) is 23.0 Å². The summed E-state index contributed by atoms with van der Waals surface area (Å²) in [4.78, 5) is 10.8. The van der Waals surface area contributed by atoms with Gasteiger partial charge >= 0.3 is 5.97 Å². The maximum absolute atomic E-state index is 10.8. The van der Waals surface area contributed by atoms with Crippen molar-refractivity contribution in [1.29, 1.82) is 0 Å². The van der Waals surface area contributed by atoms with E-state index >= 15 is 0 Å². The second-order valence-corrected chi connectivity index (χ2v) is 3.53. The molecule has 0 spiro atoms.